The fourth-order valence-corrected chi connectivity index (χ4v) is 6.86. The molecule has 0 aromatic heterocycles. The molecule has 2 aromatic carbocycles. The molecular formula is C24H32O4Se. The number of benzene rings is 2. The van der Waals surface area contributed by atoms with Crippen molar-refractivity contribution in [3.63, 3.8) is 0 Å². The monoisotopic (exact) mass is 464 g/mol. The summed E-state index contributed by atoms with van der Waals surface area (Å²) in [6, 6.07) is 18.5. The van der Waals surface area contributed by atoms with Gasteiger partial charge in [0.15, 0.2) is 0 Å². The molecule has 5 atom stereocenters. The van der Waals surface area contributed by atoms with Crippen LogP contribution in [0.1, 0.15) is 56.9 Å². The van der Waals surface area contributed by atoms with E-state index in [1.165, 1.54) is 4.46 Å². The minimum absolute atomic E-state index is 0.0500. The summed E-state index contributed by atoms with van der Waals surface area (Å²) in [4.78, 5) is 0.252. The van der Waals surface area contributed by atoms with Crippen LogP contribution in [0.25, 0.3) is 0 Å². The van der Waals surface area contributed by atoms with Crippen molar-refractivity contribution in [2.24, 2.45) is 0 Å². The van der Waals surface area contributed by atoms with E-state index in [1.807, 2.05) is 57.2 Å². The van der Waals surface area contributed by atoms with Gasteiger partial charge in [0.25, 0.3) is 0 Å². The van der Waals surface area contributed by atoms with Gasteiger partial charge in [-0.25, -0.2) is 0 Å². The third-order valence-electron chi connectivity index (χ3n) is 5.24. The molecule has 0 unspecified atom stereocenters. The summed E-state index contributed by atoms with van der Waals surface area (Å²) in [6.07, 6.45) is 0.615. The van der Waals surface area contributed by atoms with Crippen molar-refractivity contribution in [3.05, 3.63) is 65.7 Å². The third-order valence-corrected chi connectivity index (χ3v) is 8.11. The first-order valence-corrected chi connectivity index (χ1v) is 12.3. The second-order valence-corrected chi connectivity index (χ2v) is 10.5. The van der Waals surface area contributed by atoms with Crippen LogP contribution in [-0.4, -0.2) is 50.1 Å². The van der Waals surface area contributed by atoms with E-state index in [0.717, 1.165) is 17.5 Å². The van der Waals surface area contributed by atoms with Crippen molar-refractivity contribution in [1.29, 1.82) is 0 Å². The van der Waals surface area contributed by atoms with Crippen LogP contribution in [0.15, 0.2) is 54.6 Å². The number of ether oxygens (including phenoxy) is 2. The average molecular weight is 463 g/mol. The van der Waals surface area contributed by atoms with E-state index in [0.29, 0.717) is 6.42 Å². The summed E-state index contributed by atoms with van der Waals surface area (Å²) >= 11 is 0.0896. The fraction of sp³-hybridized carbons (Fsp3) is 0.500. The van der Waals surface area contributed by atoms with Crippen molar-refractivity contribution in [3.8, 4) is 0 Å². The molecule has 1 fully saturated rings. The summed E-state index contributed by atoms with van der Waals surface area (Å²) in [6.45, 7) is 5.99. The van der Waals surface area contributed by atoms with Gasteiger partial charge in [0.2, 0.25) is 0 Å². The Morgan fingerprint density at radius 2 is 1.79 bits per heavy atom. The molecule has 4 nitrogen and oxygen atoms in total. The molecule has 158 valence electrons. The van der Waals surface area contributed by atoms with Crippen LogP contribution in [0.4, 0.5) is 0 Å². The molecule has 1 heterocycles. The number of aliphatic hydroxyl groups is 2. The van der Waals surface area contributed by atoms with Gasteiger partial charge in [-0.05, 0) is 0 Å². The third kappa shape index (κ3) is 5.69. The van der Waals surface area contributed by atoms with Gasteiger partial charge in [-0.3, -0.25) is 0 Å². The minimum atomic E-state index is -0.444. The second-order valence-electron chi connectivity index (χ2n) is 7.77. The zero-order valence-electron chi connectivity index (χ0n) is 17.4. The van der Waals surface area contributed by atoms with Crippen LogP contribution < -0.4 is 4.46 Å². The Morgan fingerprint density at radius 3 is 2.45 bits per heavy atom. The maximum atomic E-state index is 10.5. The van der Waals surface area contributed by atoms with Gasteiger partial charge in [-0.2, -0.15) is 0 Å². The zero-order valence-corrected chi connectivity index (χ0v) is 19.1. The SMILES string of the molecule is CC[C@H](O)c1ccccc1[Se][C@H]1C[C@@H](OC(C)C)[C@H](CO)O[C@@H]1c1ccccc1. The molecule has 5 heteroatoms. The molecule has 1 aliphatic heterocycles. The molecule has 29 heavy (non-hydrogen) atoms. The molecule has 1 saturated heterocycles. The van der Waals surface area contributed by atoms with Gasteiger partial charge >= 0.3 is 180 Å². The normalized spacial score (nSPS) is 25.9. The first-order valence-electron chi connectivity index (χ1n) is 10.4. The van der Waals surface area contributed by atoms with Crippen molar-refractivity contribution < 1.29 is 19.7 Å². The molecule has 0 saturated carbocycles. The van der Waals surface area contributed by atoms with Crippen molar-refractivity contribution in [1.82, 2.24) is 0 Å². The van der Waals surface area contributed by atoms with E-state index in [1.54, 1.807) is 0 Å². The molecule has 3 rings (SSSR count). The molecule has 0 radical (unpaired) electrons. The molecule has 2 N–H and O–H groups in total. The summed E-state index contributed by atoms with van der Waals surface area (Å²) in [5.41, 5.74) is 2.15. The molecule has 0 amide bonds. The predicted molar refractivity (Wildman–Crippen MR) is 117 cm³/mol. The Hall–Kier alpha value is -1.20. The van der Waals surface area contributed by atoms with Crippen LogP contribution >= 0.6 is 0 Å². The topological polar surface area (TPSA) is 58.9 Å². The first kappa shape index (κ1) is 22.5. The number of rotatable bonds is 8. The van der Waals surface area contributed by atoms with Crippen LogP contribution in [0.3, 0.4) is 0 Å². The van der Waals surface area contributed by atoms with E-state index < -0.39 is 6.10 Å². The van der Waals surface area contributed by atoms with Crippen molar-refractivity contribution in [2.45, 2.75) is 68.9 Å². The molecule has 1 aliphatic rings. The molecule has 0 bridgehead atoms. The standard InChI is InChI=1S/C24H32O4Se/c1-4-19(26)18-12-8-9-13-22(18)29-23-14-20(27-16(2)3)21(15-25)28-24(23)17-10-6-5-7-11-17/h5-13,16,19-21,23-26H,4,14-15H2,1-3H3/t19-,20+,21-,23-,24+/m0/s1. The summed E-state index contributed by atoms with van der Waals surface area (Å²) < 4.78 is 13.8. The van der Waals surface area contributed by atoms with Crippen molar-refractivity contribution in [2.75, 3.05) is 6.61 Å². The van der Waals surface area contributed by atoms with E-state index >= 15 is 0 Å². The predicted octanol–water partition coefficient (Wildman–Crippen LogP) is 3.56. The Labute approximate surface area is 180 Å². The van der Waals surface area contributed by atoms with Crippen LogP contribution in [0, 0.1) is 0 Å². The van der Waals surface area contributed by atoms with Gasteiger partial charge in [0.1, 0.15) is 0 Å². The Bertz CT molecular complexity index is 752. The zero-order chi connectivity index (χ0) is 20.8. The van der Waals surface area contributed by atoms with Crippen LogP contribution in [-0.2, 0) is 9.47 Å². The quantitative estimate of drug-likeness (QED) is 0.588. The molecule has 2 aromatic rings. The first-order chi connectivity index (χ1) is 14.0. The van der Waals surface area contributed by atoms with Crippen molar-refractivity contribution >= 4 is 19.4 Å². The average Bonchev–Trinajstić information content (AvgIpc) is 2.74. The van der Waals surface area contributed by atoms with E-state index in [2.05, 4.69) is 18.2 Å². The van der Waals surface area contributed by atoms with Crippen LogP contribution in [0.2, 0.25) is 4.82 Å². The molecule has 0 spiro atoms. The fourth-order valence-electron chi connectivity index (χ4n) is 3.81. The Kier molecular flexibility index (Phi) is 8.31. The van der Waals surface area contributed by atoms with Gasteiger partial charge in [0.05, 0.1) is 0 Å². The summed E-state index contributed by atoms with van der Waals surface area (Å²) in [5, 5.41) is 20.4. The summed E-state index contributed by atoms with van der Waals surface area (Å²) in [5.74, 6) is 0. The maximum absolute atomic E-state index is 10.5. The van der Waals surface area contributed by atoms with Crippen LogP contribution in [0.5, 0.6) is 0 Å². The van der Waals surface area contributed by atoms with E-state index in [9.17, 15) is 10.2 Å². The van der Waals surface area contributed by atoms with Gasteiger partial charge in [-0.1, -0.05) is 0 Å². The Morgan fingerprint density at radius 1 is 1.10 bits per heavy atom. The van der Waals surface area contributed by atoms with E-state index in [4.69, 9.17) is 9.47 Å². The molecule has 0 aliphatic carbocycles. The van der Waals surface area contributed by atoms with Gasteiger partial charge in [-0.15, -0.1) is 0 Å². The Balaban J connectivity index is 1.91. The van der Waals surface area contributed by atoms with E-state index in [-0.39, 0.29) is 50.8 Å². The summed E-state index contributed by atoms with van der Waals surface area (Å²) in [7, 11) is 0. The number of hydrogen-bond donors (Lipinski definition) is 2. The second kappa shape index (κ2) is 10.7. The van der Waals surface area contributed by atoms with Gasteiger partial charge in [0, 0.05) is 0 Å². The number of hydrogen-bond acceptors (Lipinski definition) is 4. The van der Waals surface area contributed by atoms with Gasteiger partial charge < -0.3 is 0 Å². The number of aliphatic hydroxyl groups excluding tert-OH is 2. The molecular weight excluding hydrogens is 431 g/mol.